The third kappa shape index (κ3) is 10.4. The van der Waals surface area contributed by atoms with Crippen LogP contribution in [-0.4, -0.2) is 52.9 Å². The molecule has 4 heteroatoms. The second-order valence-corrected chi connectivity index (χ2v) is 3.53. The molecule has 4 nitrogen and oxygen atoms in total. The van der Waals surface area contributed by atoms with Crippen molar-refractivity contribution in [2.75, 3.05) is 46.8 Å². The van der Waals surface area contributed by atoms with Gasteiger partial charge in [0.15, 0.2) is 0 Å². The zero-order valence-electron chi connectivity index (χ0n) is 10.9. The highest BCUT2D eigenvalue weighted by Crippen LogP contribution is 2.01. The Morgan fingerprint density at radius 1 is 0.750 bits per heavy atom. The van der Waals surface area contributed by atoms with E-state index in [1.165, 1.54) is 0 Å². The topological polar surface area (TPSA) is 36.9 Å². The zero-order valence-corrected chi connectivity index (χ0v) is 10.9. The van der Waals surface area contributed by atoms with Crippen LogP contribution in [0.25, 0.3) is 0 Å². The van der Waals surface area contributed by atoms with Crippen LogP contribution in [0.15, 0.2) is 0 Å². The van der Waals surface area contributed by atoms with Crippen LogP contribution in [0.2, 0.25) is 0 Å². The van der Waals surface area contributed by atoms with Gasteiger partial charge in [0.25, 0.3) is 0 Å². The van der Waals surface area contributed by atoms with Gasteiger partial charge in [-0.15, -0.1) is 0 Å². The van der Waals surface area contributed by atoms with E-state index in [1.54, 1.807) is 7.11 Å². The molecule has 0 atom stereocenters. The minimum atomic E-state index is 0.376. The summed E-state index contributed by atoms with van der Waals surface area (Å²) in [5.74, 6) is 0. The first kappa shape index (κ1) is 15.8. The molecule has 0 fully saturated rings. The molecule has 0 spiro atoms. The summed E-state index contributed by atoms with van der Waals surface area (Å²) in [6, 6.07) is 0. The molecule has 0 N–H and O–H groups in total. The molecule has 0 aliphatic rings. The van der Waals surface area contributed by atoms with Crippen molar-refractivity contribution in [1.29, 1.82) is 0 Å². The van der Waals surface area contributed by atoms with E-state index in [4.69, 9.17) is 18.9 Å². The Morgan fingerprint density at radius 3 is 1.75 bits per heavy atom. The van der Waals surface area contributed by atoms with Crippen LogP contribution in [0.5, 0.6) is 0 Å². The smallest absolute Gasteiger partial charge is 0.0704 e. The van der Waals surface area contributed by atoms with E-state index in [1.807, 2.05) is 0 Å². The fraction of sp³-hybridized carbons (Fsp3) is 1.00. The van der Waals surface area contributed by atoms with E-state index >= 15 is 0 Å². The minimum Gasteiger partial charge on any atom is -0.382 e. The van der Waals surface area contributed by atoms with Gasteiger partial charge < -0.3 is 18.9 Å². The second kappa shape index (κ2) is 12.9. The molecule has 0 radical (unpaired) electrons. The first-order valence-electron chi connectivity index (χ1n) is 6.11. The van der Waals surface area contributed by atoms with Crippen LogP contribution in [0.3, 0.4) is 0 Å². The lowest BCUT2D eigenvalue weighted by Crippen LogP contribution is -2.16. The molecule has 0 aromatic heterocycles. The van der Waals surface area contributed by atoms with Gasteiger partial charge in [0.05, 0.1) is 45.7 Å². The fourth-order valence-electron chi connectivity index (χ4n) is 1.26. The van der Waals surface area contributed by atoms with Crippen LogP contribution in [-0.2, 0) is 18.9 Å². The van der Waals surface area contributed by atoms with Gasteiger partial charge in [0.2, 0.25) is 0 Å². The van der Waals surface area contributed by atoms with Gasteiger partial charge in [-0.1, -0.05) is 13.8 Å². The quantitative estimate of drug-likeness (QED) is 0.483. The highest BCUT2D eigenvalue weighted by Gasteiger charge is 2.01. The first-order chi connectivity index (χ1) is 7.85. The fourth-order valence-corrected chi connectivity index (χ4v) is 1.26. The Morgan fingerprint density at radius 2 is 1.25 bits per heavy atom. The SMILES string of the molecule is CCC(CC)OCCOCCOCCOC. The molecule has 16 heavy (non-hydrogen) atoms. The van der Waals surface area contributed by atoms with E-state index < -0.39 is 0 Å². The molecule has 0 aromatic carbocycles. The molecular formula is C12H26O4. The Balaban J connectivity index is 3.03. The van der Waals surface area contributed by atoms with Crippen molar-refractivity contribution in [2.24, 2.45) is 0 Å². The lowest BCUT2D eigenvalue weighted by Gasteiger charge is -2.13. The standard InChI is InChI=1S/C12H26O4/c1-4-12(5-2)16-11-10-15-9-8-14-7-6-13-3/h12H,4-11H2,1-3H3. The lowest BCUT2D eigenvalue weighted by atomic mass is 10.2. The van der Waals surface area contributed by atoms with E-state index in [-0.39, 0.29) is 0 Å². The van der Waals surface area contributed by atoms with Crippen molar-refractivity contribution < 1.29 is 18.9 Å². The van der Waals surface area contributed by atoms with Crippen LogP contribution < -0.4 is 0 Å². The van der Waals surface area contributed by atoms with E-state index in [9.17, 15) is 0 Å². The van der Waals surface area contributed by atoms with Gasteiger partial charge in [-0.2, -0.15) is 0 Å². The van der Waals surface area contributed by atoms with Gasteiger partial charge in [-0.25, -0.2) is 0 Å². The molecule has 0 saturated carbocycles. The van der Waals surface area contributed by atoms with Crippen molar-refractivity contribution >= 4 is 0 Å². The Labute approximate surface area is 99.2 Å². The molecule has 0 unspecified atom stereocenters. The summed E-state index contributed by atoms with van der Waals surface area (Å²) in [4.78, 5) is 0. The van der Waals surface area contributed by atoms with E-state index in [0.29, 0.717) is 45.7 Å². The van der Waals surface area contributed by atoms with Gasteiger partial charge >= 0.3 is 0 Å². The maximum absolute atomic E-state index is 5.60. The lowest BCUT2D eigenvalue weighted by molar-refractivity contribution is -0.0178. The van der Waals surface area contributed by atoms with E-state index in [0.717, 1.165) is 12.8 Å². The van der Waals surface area contributed by atoms with Crippen molar-refractivity contribution in [3.8, 4) is 0 Å². The average Bonchev–Trinajstić information content (AvgIpc) is 2.32. The maximum atomic E-state index is 5.60. The number of rotatable bonds is 12. The molecular weight excluding hydrogens is 208 g/mol. The summed E-state index contributed by atoms with van der Waals surface area (Å²) < 4.78 is 21.1. The first-order valence-corrected chi connectivity index (χ1v) is 6.11. The molecule has 0 aromatic rings. The summed E-state index contributed by atoms with van der Waals surface area (Å²) in [5.41, 5.74) is 0. The monoisotopic (exact) mass is 234 g/mol. The van der Waals surface area contributed by atoms with Gasteiger partial charge in [-0.05, 0) is 12.8 Å². The van der Waals surface area contributed by atoms with Crippen molar-refractivity contribution in [3.05, 3.63) is 0 Å². The number of ether oxygens (including phenoxy) is 4. The molecule has 0 bridgehead atoms. The zero-order chi connectivity index (χ0) is 12.1. The average molecular weight is 234 g/mol. The van der Waals surface area contributed by atoms with E-state index in [2.05, 4.69) is 13.8 Å². The molecule has 0 rings (SSSR count). The number of methoxy groups -OCH3 is 1. The normalized spacial score (nSPS) is 11.2. The molecule has 0 heterocycles. The molecule has 0 saturated heterocycles. The summed E-state index contributed by atoms with van der Waals surface area (Å²) >= 11 is 0. The Kier molecular flexibility index (Phi) is 12.8. The van der Waals surface area contributed by atoms with Crippen molar-refractivity contribution in [3.63, 3.8) is 0 Å². The molecule has 0 aliphatic carbocycles. The third-order valence-corrected chi connectivity index (χ3v) is 2.30. The molecule has 0 aliphatic heterocycles. The van der Waals surface area contributed by atoms with Crippen LogP contribution in [0.4, 0.5) is 0 Å². The van der Waals surface area contributed by atoms with Crippen LogP contribution in [0.1, 0.15) is 26.7 Å². The predicted molar refractivity (Wildman–Crippen MR) is 63.8 cm³/mol. The van der Waals surface area contributed by atoms with Crippen LogP contribution in [0, 0.1) is 0 Å². The minimum absolute atomic E-state index is 0.376. The van der Waals surface area contributed by atoms with Crippen molar-refractivity contribution in [1.82, 2.24) is 0 Å². The molecule has 0 amide bonds. The Hall–Kier alpha value is -0.160. The largest absolute Gasteiger partial charge is 0.382 e. The van der Waals surface area contributed by atoms with Gasteiger partial charge in [0, 0.05) is 7.11 Å². The number of hydrogen-bond acceptors (Lipinski definition) is 4. The summed E-state index contributed by atoms with van der Waals surface area (Å²) in [6.07, 6.45) is 2.51. The van der Waals surface area contributed by atoms with Crippen molar-refractivity contribution in [2.45, 2.75) is 32.8 Å². The summed E-state index contributed by atoms with van der Waals surface area (Å²) in [5, 5.41) is 0. The molecule has 98 valence electrons. The summed E-state index contributed by atoms with van der Waals surface area (Å²) in [6.45, 7) is 8.10. The predicted octanol–water partition coefficient (Wildman–Crippen LogP) is 1.87. The second-order valence-electron chi connectivity index (χ2n) is 3.53. The Bertz CT molecular complexity index is 126. The third-order valence-electron chi connectivity index (χ3n) is 2.30. The number of hydrogen-bond donors (Lipinski definition) is 0. The maximum Gasteiger partial charge on any atom is 0.0704 e. The highest BCUT2D eigenvalue weighted by atomic mass is 16.6. The highest BCUT2D eigenvalue weighted by molar-refractivity contribution is 4.50. The summed E-state index contributed by atoms with van der Waals surface area (Å²) in [7, 11) is 1.66. The van der Waals surface area contributed by atoms with Crippen LogP contribution >= 0.6 is 0 Å². The van der Waals surface area contributed by atoms with Gasteiger partial charge in [0.1, 0.15) is 0 Å². The van der Waals surface area contributed by atoms with Gasteiger partial charge in [-0.3, -0.25) is 0 Å².